The fourth-order valence-corrected chi connectivity index (χ4v) is 4.16. The number of anilines is 1. The first kappa shape index (κ1) is 14.4. The molecule has 0 saturated carbocycles. The van der Waals surface area contributed by atoms with E-state index in [1.165, 1.54) is 48.2 Å². The lowest BCUT2D eigenvalue weighted by Crippen LogP contribution is -2.50. The molecule has 0 amide bonds. The molecule has 3 rings (SSSR count). The number of hydrogen-bond donors (Lipinski definition) is 1. The number of fused-ring (bicyclic) bond motifs is 1. The summed E-state index contributed by atoms with van der Waals surface area (Å²) in [6, 6.07) is 7.97. The van der Waals surface area contributed by atoms with Crippen molar-refractivity contribution in [3.63, 3.8) is 0 Å². The topological polar surface area (TPSA) is 18.5 Å². The van der Waals surface area contributed by atoms with Gasteiger partial charge in [0.2, 0.25) is 0 Å². The third kappa shape index (κ3) is 2.74. The van der Waals surface area contributed by atoms with Crippen LogP contribution in [0.1, 0.15) is 31.4 Å². The van der Waals surface area contributed by atoms with E-state index in [1.54, 1.807) is 0 Å². The summed E-state index contributed by atoms with van der Waals surface area (Å²) >= 11 is 3.73. The minimum Gasteiger partial charge on any atom is -0.369 e. The lowest BCUT2D eigenvalue weighted by Gasteiger charge is -2.39. The minimum absolute atomic E-state index is 0.380. The Balaban J connectivity index is 1.76. The average Bonchev–Trinajstić information content (AvgIpc) is 2.93. The first-order valence-corrected chi connectivity index (χ1v) is 8.44. The van der Waals surface area contributed by atoms with Gasteiger partial charge in [0.1, 0.15) is 0 Å². The van der Waals surface area contributed by atoms with Crippen LogP contribution in [-0.2, 0) is 0 Å². The number of nitrogens with zero attached hydrogens (tertiary/aromatic N) is 2. The molecule has 2 saturated heterocycles. The molecule has 1 N–H and O–H groups in total. The zero-order chi connectivity index (χ0) is 14.1. The summed E-state index contributed by atoms with van der Waals surface area (Å²) in [5.74, 6) is 0. The van der Waals surface area contributed by atoms with Crippen LogP contribution in [0, 0.1) is 0 Å². The maximum Gasteiger partial charge on any atom is 0.0378 e. The molecule has 1 aromatic carbocycles. The standard InChI is InChI=1S/C16H24BrN3/c1-12(18-2)15-6-5-13(10-16(15)17)20-9-8-19-7-3-4-14(19)11-20/h5-6,10,12,14,18H,3-4,7-9,11H2,1-2H3. The SMILES string of the molecule is CNC(C)c1ccc(N2CCN3CCCC3C2)cc1Br. The lowest BCUT2D eigenvalue weighted by atomic mass is 10.1. The van der Waals surface area contributed by atoms with E-state index >= 15 is 0 Å². The zero-order valence-corrected chi connectivity index (χ0v) is 14.0. The lowest BCUT2D eigenvalue weighted by molar-refractivity contribution is 0.231. The van der Waals surface area contributed by atoms with E-state index in [-0.39, 0.29) is 0 Å². The van der Waals surface area contributed by atoms with Crippen LogP contribution in [0.2, 0.25) is 0 Å². The summed E-state index contributed by atoms with van der Waals surface area (Å²) in [4.78, 5) is 5.20. The molecule has 20 heavy (non-hydrogen) atoms. The van der Waals surface area contributed by atoms with Crippen molar-refractivity contribution in [2.45, 2.75) is 31.8 Å². The Hall–Kier alpha value is -0.580. The van der Waals surface area contributed by atoms with Gasteiger partial charge in [0.05, 0.1) is 0 Å². The van der Waals surface area contributed by atoms with Gasteiger partial charge < -0.3 is 10.2 Å². The van der Waals surface area contributed by atoms with Crippen LogP contribution < -0.4 is 10.2 Å². The van der Waals surface area contributed by atoms with E-state index < -0.39 is 0 Å². The van der Waals surface area contributed by atoms with Gasteiger partial charge in [-0.3, -0.25) is 4.90 Å². The Morgan fingerprint density at radius 1 is 1.30 bits per heavy atom. The predicted octanol–water partition coefficient (Wildman–Crippen LogP) is 3.01. The van der Waals surface area contributed by atoms with Crippen LogP contribution in [-0.4, -0.2) is 44.2 Å². The molecular weight excluding hydrogens is 314 g/mol. The summed E-state index contributed by atoms with van der Waals surface area (Å²) < 4.78 is 1.21. The number of halogens is 1. The average molecular weight is 338 g/mol. The second-order valence-corrected chi connectivity index (χ2v) is 6.85. The fourth-order valence-electron chi connectivity index (χ4n) is 3.45. The first-order chi connectivity index (χ1) is 9.69. The zero-order valence-electron chi connectivity index (χ0n) is 12.4. The Labute approximate surface area is 130 Å². The molecule has 0 spiro atoms. The van der Waals surface area contributed by atoms with Crippen LogP contribution in [0.15, 0.2) is 22.7 Å². The Morgan fingerprint density at radius 2 is 2.15 bits per heavy atom. The van der Waals surface area contributed by atoms with Crippen LogP contribution in [0.25, 0.3) is 0 Å². The normalized spacial score (nSPS) is 24.8. The Morgan fingerprint density at radius 3 is 2.90 bits per heavy atom. The fraction of sp³-hybridized carbons (Fsp3) is 0.625. The van der Waals surface area contributed by atoms with Gasteiger partial charge in [-0.1, -0.05) is 22.0 Å². The molecule has 2 heterocycles. The van der Waals surface area contributed by atoms with Gasteiger partial charge in [-0.25, -0.2) is 0 Å². The highest BCUT2D eigenvalue weighted by molar-refractivity contribution is 9.10. The maximum atomic E-state index is 3.73. The van der Waals surface area contributed by atoms with Crippen molar-refractivity contribution in [2.75, 3.05) is 38.1 Å². The molecule has 2 aliphatic rings. The summed E-state index contributed by atoms with van der Waals surface area (Å²) in [7, 11) is 2.00. The molecule has 0 radical (unpaired) electrons. The maximum absolute atomic E-state index is 3.73. The van der Waals surface area contributed by atoms with Crippen molar-refractivity contribution in [1.82, 2.24) is 10.2 Å². The molecule has 0 aliphatic carbocycles. The van der Waals surface area contributed by atoms with Crippen LogP contribution in [0.5, 0.6) is 0 Å². The molecule has 3 nitrogen and oxygen atoms in total. The molecule has 4 heteroatoms. The molecule has 2 unspecified atom stereocenters. The highest BCUT2D eigenvalue weighted by atomic mass is 79.9. The molecule has 0 bridgehead atoms. The summed E-state index contributed by atoms with van der Waals surface area (Å²) in [5.41, 5.74) is 2.69. The second-order valence-electron chi connectivity index (χ2n) is 5.99. The highest BCUT2D eigenvalue weighted by Crippen LogP contribution is 2.30. The smallest absolute Gasteiger partial charge is 0.0378 e. The van der Waals surface area contributed by atoms with Crippen molar-refractivity contribution in [3.05, 3.63) is 28.2 Å². The third-order valence-electron chi connectivity index (χ3n) is 4.84. The number of rotatable bonds is 3. The third-order valence-corrected chi connectivity index (χ3v) is 5.52. The van der Waals surface area contributed by atoms with Crippen molar-refractivity contribution < 1.29 is 0 Å². The van der Waals surface area contributed by atoms with Gasteiger partial charge >= 0.3 is 0 Å². The first-order valence-electron chi connectivity index (χ1n) is 7.64. The van der Waals surface area contributed by atoms with Gasteiger partial charge in [-0.2, -0.15) is 0 Å². The molecule has 2 aliphatic heterocycles. The molecule has 2 atom stereocenters. The highest BCUT2D eigenvalue weighted by Gasteiger charge is 2.30. The van der Waals surface area contributed by atoms with Crippen LogP contribution in [0.3, 0.4) is 0 Å². The van der Waals surface area contributed by atoms with Gasteiger partial charge in [0.15, 0.2) is 0 Å². The van der Waals surface area contributed by atoms with E-state index in [2.05, 4.69) is 56.2 Å². The molecule has 0 aromatic heterocycles. The summed E-state index contributed by atoms with van der Waals surface area (Å²) in [6.45, 7) is 7.06. The molecule has 2 fully saturated rings. The minimum atomic E-state index is 0.380. The monoisotopic (exact) mass is 337 g/mol. The number of nitrogens with one attached hydrogen (secondary N) is 1. The number of hydrogen-bond acceptors (Lipinski definition) is 3. The van der Waals surface area contributed by atoms with Crippen LogP contribution >= 0.6 is 15.9 Å². The quantitative estimate of drug-likeness (QED) is 0.914. The van der Waals surface area contributed by atoms with Gasteiger partial charge in [0, 0.05) is 41.9 Å². The van der Waals surface area contributed by atoms with Crippen molar-refractivity contribution >= 4 is 21.6 Å². The van der Waals surface area contributed by atoms with E-state index in [1.807, 2.05) is 7.05 Å². The molecular formula is C16H24BrN3. The Kier molecular flexibility index (Phi) is 4.34. The van der Waals surface area contributed by atoms with Crippen molar-refractivity contribution in [3.8, 4) is 0 Å². The predicted molar refractivity (Wildman–Crippen MR) is 88.4 cm³/mol. The van der Waals surface area contributed by atoms with E-state index in [0.29, 0.717) is 6.04 Å². The molecule has 110 valence electrons. The van der Waals surface area contributed by atoms with Crippen molar-refractivity contribution in [2.24, 2.45) is 0 Å². The largest absolute Gasteiger partial charge is 0.369 e. The Bertz CT molecular complexity index is 477. The van der Waals surface area contributed by atoms with Gasteiger partial charge in [0.25, 0.3) is 0 Å². The van der Waals surface area contributed by atoms with E-state index in [4.69, 9.17) is 0 Å². The van der Waals surface area contributed by atoms with Gasteiger partial charge in [-0.05, 0) is 51.1 Å². The van der Waals surface area contributed by atoms with E-state index in [0.717, 1.165) is 12.6 Å². The van der Waals surface area contributed by atoms with Gasteiger partial charge in [-0.15, -0.1) is 0 Å². The summed E-state index contributed by atoms with van der Waals surface area (Å²) in [6.07, 6.45) is 2.74. The van der Waals surface area contributed by atoms with E-state index in [9.17, 15) is 0 Å². The molecule has 1 aromatic rings. The number of piperazine rings is 1. The van der Waals surface area contributed by atoms with Crippen LogP contribution in [0.4, 0.5) is 5.69 Å². The van der Waals surface area contributed by atoms with Crippen molar-refractivity contribution in [1.29, 1.82) is 0 Å². The second kappa shape index (κ2) is 6.04. The summed E-state index contributed by atoms with van der Waals surface area (Å²) in [5, 5.41) is 3.30. The number of benzene rings is 1.